The van der Waals surface area contributed by atoms with Gasteiger partial charge >= 0.3 is 5.97 Å². The topological polar surface area (TPSA) is 66.4 Å². The monoisotopic (exact) mass is 351 g/mol. The van der Waals surface area contributed by atoms with Gasteiger partial charge in [-0.15, -0.1) is 11.3 Å². The Kier molecular flexibility index (Phi) is 4.67. The van der Waals surface area contributed by atoms with Crippen LogP contribution in [-0.4, -0.2) is 17.0 Å². The van der Waals surface area contributed by atoms with E-state index in [-0.39, 0.29) is 11.5 Å². The van der Waals surface area contributed by atoms with E-state index in [1.165, 1.54) is 11.3 Å². The van der Waals surface area contributed by atoms with Gasteiger partial charge in [0.2, 0.25) is 0 Å². The molecule has 3 aromatic rings. The summed E-state index contributed by atoms with van der Waals surface area (Å²) < 4.78 is 0. The van der Waals surface area contributed by atoms with E-state index in [0.29, 0.717) is 16.1 Å². The largest absolute Gasteiger partial charge is 0.478 e. The second-order valence-corrected chi connectivity index (χ2v) is 6.66. The van der Waals surface area contributed by atoms with Gasteiger partial charge in [0, 0.05) is 16.5 Å². The van der Waals surface area contributed by atoms with Crippen LogP contribution < -0.4 is 5.32 Å². The van der Waals surface area contributed by atoms with Gasteiger partial charge in [-0.25, -0.2) is 4.79 Å². The van der Waals surface area contributed by atoms with Crippen LogP contribution in [0.15, 0.2) is 53.9 Å². The van der Waals surface area contributed by atoms with Crippen LogP contribution in [0.3, 0.4) is 0 Å². The van der Waals surface area contributed by atoms with Gasteiger partial charge in [-0.1, -0.05) is 36.4 Å². The summed E-state index contributed by atoms with van der Waals surface area (Å²) in [6, 6.07) is 14.7. The number of nitrogens with one attached hydrogen (secondary N) is 1. The van der Waals surface area contributed by atoms with Crippen LogP contribution in [0.5, 0.6) is 0 Å². The van der Waals surface area contributed by atoms with Crippen molar-refractivity contribution < 1.29 is 14.7 Å². The van der Waals surface area contributed by atoms with Crippen LogP contribution >= 0.6 is 11.3 Å². The normalized spacial score (nSPS) is 10.5. The van der Waals surface area contributed by atoms with Crippen molar-refractivity contribution in [3.63, 3.8) is 0 Å². The van der Waals surface area contributed by atoms with Crippen LogP contribution in [0, 0.1) is 13.8 Å². The first-order valence-corrected chi connectivity index (χ1v) is 8.64. The average molecular weight is 351 g/mol. The highest BCUT2D eigenvalue weighted by Gasteiger charge is 2.21. The highest BCUT2D eigenvalue weighted by atomic mass is 32.1. The molecule has 2 aromatic carbocycles. The molecular formula is C20H17NO3S. The molecule has 0 saturated heterocycles. The van der Waals surface area contributed by atoms with Crippen molar-refractivity contribution in [3.05, 3.63) is 76.2 Å². The van der Waals surface area contributed by atoms with Crippen LogP contribution in [0.4, 0.5) is 5.00 Å². The Labute approximate surface area is 149 Å². The van der Waals surface area contributed by atoms with Crippen molar-refractivity contribution in [2.24, 2.45) is 0 Å². The zero-order valence-corrected chi connectivity index (χ0v) is 14.7. The molecule has 0 aliphatic carbocycles. The Balaban J connectivity index is 1.95. The summed E-state index contributed by atoms with van der Waals surface area (Å²) in [5.74, 6) is -1.37. The molecule has 25 heavy (non-hydrogen) atoms. The molecule has 126 valence electrons. The summed E-state index contributed by atoms with van der Waals surface area (Å²) in [7, 11) is 0. The van der Waals surface area contributed by atoms with Gasteiger partial charge in [0.1, 0.15) is 10.6 Å². The van der Waals surface area contributed by atoms with Gasteiger partial charge in [-0.3, -0.25) is 4.79 Å². The molecule has 0 bridgehead atoms. The molecule has 0 spiro atoms. The van der Waals surface area contributed by atoms with Crippen LogP contribution in [0.1, 0.15) is 31.8 Å². The number of anilines is 1. The SMILES string of the molecule is Cc1ccc(C(=O)Nc2scc(-c3ccccc3)c2C(=O)O)cc1C. The predicted octanol–water partition coefficient (Wildman–Crippen LogP) is 4.98. The summed E-state index contributed by atoms with van der Waals surface area (Å²) >= 11 is 1.22. The quantitative estimate of drug-likeness (QED) is 0.696. The van der Waals surface area contributed by atoms with E-state index < -0.39 is 5.97 Å². The fourth-order valence-electron chi connectivity index (χ4n) is 2.55. The maximum atomic E-state index is 12.5. The molecule has 0 unspecified atom stereocenters. The zero-order valence-electron chi connectivity index (χ0n) is 13.9. The second kappa shape index (κ2) is 6.91. The number of amides is 1. The standard InChI is InChI=1S/C20H17NO3S/c1-12-8-9-15(10-13(12)2)18(22)21-19-17(20(23)24)16(11-25-19)14-6-4-3-5-7-14/h3-11H,1-2H3,(H,21,22)(H,23,24). The summed E-state index contributed by atoms with van der Waals surface area (Å²) in [4.78, 5) is 24.2. The molecule has 2 N–H and O–H groups in total. The van der Waals surface area contributed by atoms with Gasteiger partial charge in [-0.05, 0) is 42.7 Å². The van der Waals surface area contributed by atoms with E-state index in [0.717, 1.165) is 16.7 Å². The number of hydrogen-bond donors (Lipinski definition) is 2. The van der Waals surface area contributed by atoms with Crippen molar-refractivity contribution >= 4 is 28.2 Å². The van der Waals surface area contributed by atoms with E-state index in [1.54, 1.807) is 17.5 Å². The number of benzene rings is 2. The lowest BCUT2D eigenvalue weighted by Crippen LogP contribution is -2.13. The molecular weight excluding hydrogens is 334 g/mol. The lowest BCUT2D eigenvalue weighted by molar-refractivity contribution is 0.0699. The summed E-state index contributed by atoms with van der Waals surface area (Å²) in [5.41, 5.74) is 4.16. The number of thiophene rings is 1. The third kappa shape index (κ3) is 3.46. The van der Waals surface area contributed by atoms with E-state index in [4.69, 9.17) is 0 Å². The van der Waals surface area contributed by atoms with Gasteiger partial charge < -0.3 is 10.4 Å². The van der Waals surface area contributed by atoms with E-state index in [2.05, 4.69) is 5.32 Å². The number of rotatable bonds is 4. The van der Waals surface area contributed by atoms with Gasteiger partial charge in [0.05, 0.1) is 0 Å². The highest BCUT2D eigenvalue weighted by molar-refractivity contribution is 7.15. The predicted molar refractivity (Wildman–Crippen MR) is 101 cm³/mol. The van der Waals surface area contributed by atoms with Crippen molar-refractivity contribution in [1.29, 1.82) is 0 Å². The Hall–Kier alpha value is -2.92. The summed E-state index contributed by atoms with van der Waals surface area (Å²) in [6.45, 7) is 3.92. The lowest BCUT2D eigenvalue weighted by Gasteiger charge is -2.08. The van der Waals surface area contributed by atoms with Gasteiger partial charge in [-0.2, -0.15) is 0 Å². The van der Waals surface area contributed by atoms with Crippen molar-refractivity contribution in [1.82, 2.24) is 0 Å². The van der Waals surface area contributed by atoms with Crippen molar-refractivity contribution in [2.75, 3.05) is 5.32 Å². The molecule has 0 aliphatic rings. The molecule has 4 nitrogen and oxygen atoms in total. The molecule has 1 aromatic heterocycles. The van der Waals surface area contributed by atoms with Gasteiger partial charge in [0.25, 0.3) is 5.91 Å². The summed E-state index contributed by atoms with van der Waals surface area (Å²) in [5, 5.41) is 14.5. The summed E-state index contributed by atoms with van der Waals surface area (Å²) in [6.07, 6.45) is 0. The van der Waals surface area contributed by atoms with E-state index >= 15 is 0 Å². The van der Waals surface area contributed by atoms with Crippen LogP contribution in [0.25, 0.3) is 11.1 Å². The number of carbonyl (C=O) groups excluding carboxylic acids is 1. The zero-order chi connectivity index (χ0) is 18.0. The molecule has 1 amide bonds. The molecule has 0 saturated carbocycles. The van der Waals surface area contributed by atoms with E-state index in [9.17, 15) is 14.7 Å². The fraction of sp³-hybridized carbons (Fsp3) is 0.100. The smallest absolute Gasteiger partial charge is 0.339 e. The number of carboxylic acids is 1. The lowest BCUT2D eigenvalue weighted by atomic mass is 10.0. The van der Waals surface area contributed by atoms with E-state index in [1.807, 2.05) is 50.2 Å². The van der Waals surface area contributed by atoms with Gasteiger partial charge in [0.15, 0.2) is 0 Å². The minimum atomic E-state index is -1.06. The first-order valence-electron chi connectivity index (χ1n) is 7.76. The number of hydrogen-bond acceptors (Lipinski definition) is 3. The minimum absolute atomic E-state index is 0.119. The first-order chi connectivity index (χ1) is 12.0. The number of carboxylic acid groups (broad SMARTS) is 1. The molecule has 3 rings (SSSR count). The third-order valence-electron chi connectivity index (χ3n) is 4.09. The van der Waals surface area contributed by atoms with Crippen LogP contribution in [0.2, 0.25) is 0 Å². The fourth-order valence-corrected chi connectivity index (χ4v) is 3.51. The Morgan fingerprint density at radius 1 is 1.00 bits per heavy atom. The maximum absolute atomic E-state index is 12.5. The highest BCUT2D eigenvalue weighted by Crippen LogP contribution is 2.35. The Morgan fingerprint density at radius 3 is 2.36 bits per heavy atom. The molecule has 0 aliphatic heterocycles. The molecule has 5 heteroatoms. The maximum Gasteiger partial charge on any atom is 0.339 e. The molecule has 0 fully saturated rings. The number of aryl methyl sites for hydroxylation is 2. The number of aromatic carboxylic acids is 1. The van der Waals surface area contributed by atoms with Crippen molar-refractivity contribution in [3.8, 4) is 11.1 Å². The Bertz CT molecular complexity index is 945. The Morgan fingerprint density at radius 2 is 1.72 bits per heavy atom. The first kappa shape index (κ1) is 16.9. The molecule has 0 atom stereocenters. The third-order valence-corrected chi connectivity index (χ3v) is 4.98. The van der Waals surface area contributed by atoms with Crippen LogP contribution in [-0.2, 0) is 0 Å². The number of carbonyl (C=O) groups is 2. The average Bonchev–Trinajstić information content (AvgIpc) is 3.02. The van der Waals surface area contributed by atoms with Crippen molar-refractivity contribution in [2.45, 2.75) is 13.8 Å². The molecule has 1 heterocycles. The minimum Gasteiger partial charge on any atom is -0.478 e. The second-order valence-electron chi connectivity index (χ2n) is 5.78. The molecule has 0 radical (unpaired) electrons.